The first-order chi connectivity index (χ1) is 11.6. The molecule has 1 amide bonds. The molecule has 1 aliphatic rings. The highest BCUT2D eigenvalue weighted by molar-refractivity contribution is 5.98. The van der Waals surface area contributed by atoms with Crippen molar-refractivity contribution in [2.24, 2.45) is 0 Å². The van der Waals surface area contributed by atoms with Gasteiger partial charge >= 0.3 is 0 Å². The van der Waals surface area contributed by atoms with E-state index < -0.39 is 6.43 Å². The summed E-state index contributed by atoms with van der Waals surface area (Å²) in [4.78, 5) is 15.5. The van der Waals surface area contributed by atoms with Crippen molar-refractivity contribution in [2.75, 3.05) is 0 Å². The van der Waals surface area contributed by atoms with E-state index in [1.165, 1.54) is 12.1 Å². The van der Waals surface area contributed by atoms with Crippen molar-refractivity contribution in [1.29, 1.82) is 0 Å². The summed E-state index contributed by atoms with van der Waals surface area (Å²) in [5.74, 6) is -0.217. The van der Waals surface area contributed by atoms with Crippen molar-refractivity contribution in [1.82, 2.24) is 10.3 Å². The molecule has 1 saturated carbocycles. The van der Waals surface area contributed by atoms with E-state index in [9.17, 15) is 13.6 Å². The molecular weight excluding hydrogens is 310 g/mol. The Morgan fingerprint density at radius 3 is 2.50 bits per heavy atom. The third kappa shape index (κ3) is 2.56. The second-order valence-electron chi connectivity index (χ2n) is 6.23. The van der Waals surface area contributed by atoms with Gasteiger partial charge in [-0.2, -0.15) is 0 Å². The Morgan fingerprint density at radius 2 is 1.83 bits per heavy atom. The lowest BCUT2D eigenvalue weighted by molar-refractivity contribution is 0.0926. The molecule has 1 aliphatic carbocycles. The highest BCUT2D eigenvalue weighted by atomic mass is 19.3. The Kier molecular flexibility index (Phi) is 3.37. The van der Waals surface area contributed by atoms with Gasteiger partial charge in [-0.25, -0.2) is 8.78 Å². The van der Waals surface area contributed by atoms with Crippen LogP contribution in [0.5, 0.6) is 0 Å². The normalized spacial score (nSPS) is 15.6. The van der Waals surface area contributed by atoms with Crippen LogP contribution in [0.3, 0.4) is 0 Å². The number of aromatic amines is 1. The molecule has 3 nitrogen and oxygen atoms in total. The monoisotopic (exact) mass is 326 g/mol. The maximum atomic E-state index is 12.8. The van der Waals surface area contributed by atoms with Crippen LogP contribution >= 0.6 is 0 Å². The summed E-state index contributed by atoms with van der Waals surface area (Å²) >= 11 is 0. The van der Waals surface area contributed by atoms with Gasteiger partial charge < -0.3 is 10.3 Å². The molecule has 122 valence electrons. The molecule has 2 aromatic carbocycles. The molecule has 0 spiro atoms. The topological polar surface area (TPSA) is 44.9 Å². The molecule has 1 fully saturated rings. The lowest BCUT2D eigenvalue weighted by Crippen LogP contribution is -2.34. The van der Waals surface area contributed by atoms with Gasteiger partial charge in [0.05, 0.1) is 5.54 Å². The molecule has 5 heteroatoms. The minimum atomic E-state index is -2.53. The van der Waals surface area contributed by atoms with E-state index >= 15 is 0 Å². The fraction of sp³-hybridized carbons (Fsp3) is 0.211. The molecule has 0 unspecified atom stereocenters. The van der Waals surface area contributed by atoms with Gasteiger partial charge in [0, 0.05) is 16.5 Å². The van der Waals surface area contributed by atoms with Gasteiger partial charge in [-0.05, 0) is 30.5 Å². The van der Waals surface area contributed by atoms with Crippen molar-refractivity contribution in [3.63, 3.8) is 0 Å². The summed E-state index contributed by atoms with van der Waals surface area (Å²) in [7, 11) is 0. The molecule has 3 aromatic rings. The van der Waals surface area contributed by atoms with Gasteiger partial charge in [-0.1, -0.05) is 42.5 Å². The van der Waals surface area contributed by atoms with Crippen LogP contribution in [0.4, 0.5) is 8.78 Å². The SMILES string of the molecule is O=C(NC1(c2ccccc2)CC1)c1cc2ccc(C(F)F)cc2[nH]1. The minimum absolute atomic E-state index is 0.0562. The average Bonchev–Trinajstić information content (AvgIpc) is 3.24. The summed E-state index contributed by atoms with van der Waals surface area (Å²) < 4.78 is 25.6. The van der Waals surface area contributed by atoms with Gasteiger partial charge in [0.2, 0.25) is 0 Å². The third-order valence-electron chi connectivity index (χ3n) is 4.57. The number of hydrogen-bond acceptors (Lipinski definition) is 1. The number of H-pyrrole nitrogens is 1. The van der Waals surface area contributed by atoms with Crippen LogP contribution in [-0.4, -0.2) is 10.9 Å². The molecule has 0 bridgehead atoms. The van der Waals surface area contributed by atoms with Crippen LogP contribution in [0.2, 0.25) is 0 Å². The van der Waals surface area contributed by atoms with Gasteiger partial charge in [0.15, 0.2) is 0 Å². The molecule has 1 aromatic heterocycles. The number of amides is 1. The Morgan fingerprint density at radius 1 is 1.08 bits per heavy atom. The fourth-order valence-corrected chi connectivity index (χ4v) is 3.06. The van der Waals surface area contributed by atoms with Crippen molar-refractivity contribution in [3.8, 4) is 0 Å². The molecular formula is C19H16F2N2O. The van der Waals surface area contributed by atoms with Gasteiger partial charge in [-0.3, -0.25) is 4.79 Å². The van der Waals surface area contributed by atoms with Gasteiger partial charge in [0.25, 0.3) is 12.3 Å². The number of halogens is 2. The summed E-state index contributed by atoms with van der Waals surface area (Å²) in [6.07, 6.45) is -0.723. The lowest BCUT2D eigenvalue weighted by atomic mass is 10.0. The lowest BCUT2D eigenvalue weighted by Gasteiger charge is -2.17. The van der Waals surface area contributed by atoms with Gasteiger partial charge in [-0.15, -0.1) is 0 Å². The summed E-state index contributed by atoms with van der Waals surface area (Å²) in [5.41, 5.74) is 1.67. The van der Waals surface area contributed by atoms with Crippen molar-refractivity contribution in [2.45, 2.75) is 24.8 Å². The first-order valence-electron chi connectivity index (χ1n) is 7.86. The number of hydrogen-bond donors (Lipinski definition) is 2. The van der Waals surface area contributed by atoms with E-state index in [1.807, 2.05) is 30.3 Å². The number of fused-ring (bicyclic) bond motifs is 1. The largest absolute Gasteiger partial charge is 0.351 e. The quantitative estimate of drug-likeness (QED) is 0.727. The third-order valence-corrected chi connectivity index (χ3v) is 4.57. The molecule has 0 aliphatic heterocycles. The number of benzene rings is 2. The number of rotatable bonds is 4. The number of alkyl halides is 2. The minimum Gasteiger partial charge on any atom is -0.351 e. The first kappa shape index (κ1) is 14.9. The Balaban J connectivity index is 1.60. The van der Waals surface area contributed by atoms with Crippen LogP contribution in [0.25, 0.3) is 10.9 Å². The first-order valence-corrected chi connectivity index (χ1v) is 7.86. The van der Waals surface area contributed by atoms with E-state index in [4.69, 9.17) is 0 Å². The number of aromatic nitrogens is 1. The standard InChI is InChI=1S/C19H16F2N2O/c20-17(21)13-7-6-12-10-16(22-15(12)11-13)18(24)23-19(8-9-19)14-4-2-1-3-5-14/h1-7,10-11,17,22H,8-9H2,(H,23,24). The highest BCUT2D eigenvalue weighted by Gasteiger charge is 2.45. The van der Waals surface area contributed by atoms with Crippen LogP contribution in [-0.2, 0) is 5.54 Å². The molecule has 2 N–H and O–H groups in total. The molecule has 0 radical (unpaired) electrons. The van der Waals surface area contributed by atoms with Crippen molar-refractivity contribution >= 4 is 16.8 Å². The van der Waals surface area contributed by atoms with E-state index in [1.54, 1.807) is 12.1 Å². The number of carbonyl (C=O) groups excluding carboxylic acids is 1. The summed E-state index contributed by atoms with van der Waals surface area (Å²) in [5, 5.41) is 3.82. The molecule has 0 saturated heterocycles. The zero-order valence-electron chi connectivity index (χ0n) is 12.9. The van der Waals surface area contributed by atoms with Gasteiger partial charge in [0.1, 0.15) is 5.69 Å². The Labute approximate surface area is 137 Å². The Bertz CT molecular complexity index is 898. The Hall–Kier alpha value is -2.69. The molecule has 0 atom stereocenters. The van der Waals surface area contributed by atoms with E-state index in [0.29, 0.717) is 11.2 Å². The smallest absolute Gasteiger partial charge is 0.268 e. The number of nitrogens with one attached hydrogen (secondary N) is 2. The van der Waals surface area contributed by atoms with Crippen LogP contribution in [0, 0.1) is 0 Å². The maximum Gasteiger partial charge on any atom is 0.268 e. The zero-order chi connectivity index (χ0) is 16.7. The van der Waals surface area contributed by atoms with Crippen LogP contribution in [0.1, 0.15) is 40.9 Å². The van der Waals surface area contributed by atoms with Crippen LogP contribution in [0.15, 0.2) is 54.6 Å². The summed E-state index contributed by atoms with van der Waals surface area (Å²) in [6, 6.07) is 15.9. The highest BCUT2D eigenvalue weighted by Crippen LogP contribution is 2.45. The van der Waals surface area contributed by atoms with Crippen molar-refractivity contribution in [3.05, 3.63) is 71.4 Å². The molecule has 4 rings (SSSR count). The predicted octanol–water partition coefficient (Wildman–Crippen LogP) is 4.52. The molecule has 1 heterocycles. The second-order valence-corrected chi connectivity index (χ2v) is 6.23. The maximum absolute atomic E-state index is 12.8. The number of carbonyl (C=O) groups is 1. The average molecular weight is 326 g/mol. The molecule has 24 heavy (non-hydrogen) atoms. The van der Waals surface area contributed by atoms with E-state index in [2.05, 4.69) is 10.3 Å². The van der Waals surface area contributed by atoms with E-state index in [-0.39, 0.29) is 17.0 Å². The van der Waals surface area contributed by atoms with Crippen LogP contribution < -0.4 is 5.32 Å². The summed E-state index contributed by atoms with van der Waals surface area (Å²) in [6.45, 7) is 0. The predicted molar refractivity (Wildman–Crippen MR) is 88.1 cm³/mol. The van der Waals surface area contributed by atoms with Crippen molar-refractivity contribution < 1.29 is 13.6 Å². The van der Waals surface area contributed by atoms with E-state index in [0.717, 1.165) is 23.8 Å². The second kappa shape index (κ2) is 5.44. The zero-order valence-corrected chi connectivity index (χ0v) is 12.9. The fourth-order valence-electron chi connectivity index (χ4n) is 3.06.